The largest absolute Gasteiger partial charge is 0.380 e. The number of nitrogens with zero attached hydrogens (tertiary/aromatic N) is 4. The van der Waals surface area contributed by atoms with Gasteiger partial charge in [-0.2, -0.15) is 0 Å². The van der Waals surface area contributed by atoms with Crippen molar-refractivity contribution >= 4 is 22.4 Å². The highest BCUT2D eigenvalue weighted by Gasteiger charge is 2.34. The standard InChI is InChI=1S/C19H21N5O2S/c1-12-4-5-14(13(2)6-12)16-8-27-18(20-16)21-17(25)15-7-24(23-22-15)9-19(3)10-26-11-19/h4-8H,9-11H2,1-3H3,(H,20,21,25). The topological polar surface area (TPSA) is 81.9 Å². The molecule has 0 radical (unpaired) electrons. The molecule has 2 aromatic heterocycles. The Hall–Kier alpha value is -2.58. The zero-order valence-electron chi connectivity index (χ0n) is 15.5. The van der Waals surface area contributed by atoms with Crippen LogP contribution in [0.3, 0.4) is 0 Å². The Kier molecular flexibility index (Phi) is 4.53. The third kappa shape index (κ3) is 3.77. The van der Waals surface area contributed by atoms with Crippen molar-refractivity contribution in [1.29, 1.82) is 0 Å². The van der Waals surface area contributed by atoms with Gasteiger partial charge in [-0.1, -0.05) is 35.9 Å². The van der Waals surface area contributed by atoms with E-state index in [1.807, 2.05) is 5.38 Å². The highest BCUT2D eigenvalue weighted by molar-refractivity contribution is 7.14. The summed E-state index contributed by atoms with van der Waals surface area (Å²) in [6, 6.07) is 6.24. The van der Waals surface area contributed by atoms with Crippen LogP contribution in [0.1, 0.15) is 28.5 Å². The zero-order chi connectivity index (χ0) is 19.0. The first-order chi connectivity index (χ1) is 12.9. The van der Waals surface area contributed by atoms with Gasteiger partial charge in [0.25, 0.3) is 5.91 Å². The monoisotopic (exact) mass is 383 g/mol. The minimum absolute atomic E-state index is 0.0670. The predicted molar refractivity (Wildman–Crippen MR) is 104 cm³/mol. The van der Waals surface area contributed by atoms with Crippen molar-refractivity contribution in [3.63, 3.8) is 0 Å². The summed E-state index contributed by atoms with van der Waals surface area (Å²) < 4.78 is 6.94. The summed E-state index contributed by atoms with van der Waals surface area (Å²) in [5.41, 5.74) is 4.65. The second kappa shape index (κ2) is 6.86. The molecule has 1 aliphatic heterocycles. The molecule has 1 aromatic carbocycles. The van der Waals surface area contributed by atoms with Gasteiger partial charge in [0.15, 0.2) is 10.8 Å². The Labute approximate surface area is 161 Å². The molecule has 140 valence electrons. The van der Waals surface area contributed by atoms with Crippen LogP contribution in [-0.2, 0) is 11.3 Å². The second-order valence-corrected chi connectivity index (χ2v) is 8.27. The minimum atomic E-state index is -0.308. The van der Waals surface area contributed by atoms with Gasteiger partial charge in [-0.15, -0.1) is 16.4 Å². The van der Waals surface area contributed by atoms with Gasteiger partial charge in [-0.3, -0.25) is 14.8 Å². The van der Waals surface area contributed by atoms with Crippen molar-refractivity contribution in [3.8, 4) is 11.3 Å². The summed E-state index contributed by atoms with van der Waals surface area (Å²) in [6.45, 7) is 8.34. The molecule has 3 heterocycles. The molecule has 27 heavy (non-hydrogen) atoms. The second-order valence-electron chi connectivity index (χ2n) is 7.42. The average Bonchev–Trinajstić information content (AvgIpc) is 3.23. The number of ether oxygens (including phenoxy) is 1. The number of benzene rings is 1. The van der Waals surface area contributed by atoms with Crippen LogP contribution in [-0.4, -0.2) is 39.1 Å². The van der Waals surface area contributed by atoms with Crippen molar-refractivity contribution < 1.29 is 9.53 Å². The van der Waals surface area contributed by atoms with Gasteiger partial charge in [0, 0.05) is 16.4 Å². The van der Waals surface area contributed by atoms with E-state index in [0.717, 1.165) is 16.8 Å². The van der Waals surface area contributed by atoms with E-state index in [1.54, 1.807) is 10.9 Å². The molecule has 0 atom stereocenters. The number of nitrogens with one attached hydrogen (secondary N) is 1. The van der Waals surface area contributed by atoms with Crippen LogP contribution in [0.4, 0.5) is 5.13 Å². The molecule has 1 fully saturated rings. The number of carbonyl (C=O) groups is 1. The minimum Gasteiger partial charge on any atom is -0.380 e. The lowest BCUT2D eigenvalue weighted by molar-refractivity contribution is -0.111. The molecule has 0 aliphatic carbocycles. The first-order valence-electron chi connectivity index (χ1n) is 8.74. The van der Waals surface area contributed by atoms with Gasteiger partial charge in [0.05, 0.1) is 31.6 Å². The fourth-order valence-electron chi connectivity index (χ4n) is 3.13. The van der Waals surface area contributed by atoms with Crippen LogP contribution >= 0.6 is 11.3 Å². The van der Waals surface area contributed by atoms with Crippen LogP contribution < -0.4 is 5.32 Å². The lowest BCUT2D eigenvalue weighted by Crippen LogP contribution is -2.43. The summed E-state index contributed by atoms with van der Waals surface area (Å²) in [5.74, 6) is -0.308. The molecular formula is C19H21N5O2S. The lowest BCUT2D eigenvalue weighted by atomic mass is 9.89. The van der Waals surface area contributed by atoms with Crippen molar-refractivity contribution in [2.45, 2.75) is 27.3 Å². The van der Waals surface area contributed by atoms with Crippen molar-refractivity contribution in [3.05, 3.63) is 46.6 Å². The molecule has 3 aromatic rings. The Balaban J connectivity index is 1.44. The summed E-state index contributed by atoms with van der Waals surface area (Å²) >= 11 is 1.40. The van der Waals surface area contributed by atoms with Gasteiger partial charge in [-0.25, -0.2) is 4.98 Å². The normalized spacial score (nSPS) is 15.4. The van der Waals surface area contributed by atoms with Crippen LogP contribution in [0, 0.1) is 19.3 Å². The van der Waals surface area contributed by atoms with Crippen molar-refractivity contribution in [2.75, 3.05) is 18.5 Å². The smallest absolute Gasteiger partial charge is 0.279 e. The maximum Gasteiger partial charge on any atom is 0.279 e. The molecule has 1 N–H and O–H groups in total. The van der Waals surface area contributed by atoms with Gasteiger partial charge in [-0.05, 0) is 19.4 Å². The molecule has 1 amide bonds. The van der Waals surface area contributed by atoms with Crippen LogP contribution in [0.15, 0.2) is 29.8 Å². The van der Waals surface area contributed by atoms with Gasteiger partial charge < -0.3 is 4.74 Å². The number of hydrogen-bond acceptors (Lipinski definition) is 6. The van der Waals surface area contributed by atoms with E-state index >= 15 is 0 Å². The summed E-state index contributed by atoms with van der Waals surface area (Å²) in [4.78, 5) is 17.0. The third-order valence-electron chi connectivity index (χ3n) is 4.60. The van der Waals surface area contributed by atoms with Gasteiger partial charge in [0.2, 0.25) is 0 Å². The molecule has 8 heteroatoms. The average molecular weight is 383 g/mol. The summed E-state index contributed by atoms with van der Waals surface area (Å²) in [6.07, 6.45) is 1.66. The van der Waals surface area contributed by atoms with Crippen LogP contribution in [0.2, 0.25) is 0 Å². The Bertz CT molecular complexity index is 990. The maximum absolute atomic E-state index is 12.4. The fourth-order valence-corrected chi connectivity index (χ4v) is 3.84. The summed E-state index contributed by atoms with van der Waals surface area (Å²) in [7, 11) is 0. The molecule has 1 saturated heterocycles. The van der Waals surface area contributed by atoms with E-state index in [0.29, 0.717) is 24.9 Å². The van der Waals surface area contributed by atoms with E-state index in [2.05, 4.69) is 59.6 Å². The SMILES string of the molecule is Cc1ccc(-c2csc(NC(=O)c3cn(CC4(C)COC4)nn3)n2)c(C)c1. The third-order valence-corrected chi connectivity index (χ3v) is 5.36. The fraction of sp³-hybridized carbons (Fsp3) is 0.368. The number of anilines is 1. The predicted octanol–water partition coefficient (Wildman–Crippen LogP) is 3.31. The number of amides is 1. The van der Waals surface area contributed by atoms with Crippen LogP contribution in [0.25, 0.3) is 11.3 Å². The van der Waals surface area contributed by atoms with Crippen molar-refractivity contribution in [2.24, 2.45) is 5.41 Å². The molecule has 0 unspecified atom stereocenters. The molecular weight excluding hydrogens is 362 g/mol. The molecule has 4 rings (SSSR count). The van der Waals surface area contributed by atoms with E-state index in [1.165, 1.54) is 16.9 Å². The van der Waals surface area contributed by atoms with E-state index in [4.69, 9.17) is 4.74 Å². The molecule has 0 saturated carbocycles. The number of aromatic nitrogens is 4. The van der Waals surface area contributed by atoms with E-state index < -0.39 is 0 Å². The lowest BCUT2D eigenvalue weighted by Gasteiger charge is -2.37. The first-order valence-corrected chi connectivity index (χ1v) is 9.62. The van der Waals surface area contributed by atoms with Gasteiger partial charge in [0.1, 0.15) is 0 Å². The molecule has 1 aliphatic rings. The number of thiazole rings is 1. The molecule has 0 spiro atoms. The Morgan fingerprint density at radius 1 is 1.37 bits per heavy atom. The quantitative estimate of drug-likeness (QED) is 0.731. The number of rotatable bonds is 5. The number of carbonyl (C=O) groups excluding carboxylic acids is 1. The number of hydrogen-bond donors (Lipinski definition) is 1. The van der Waals surface area contributed by atoms with Gasteiger partial charge >= 0.3 is 0 Å². The molecule has 7 nitrogen and oxygen atoms in total. The maximum atomic E-state index is 12.4. The molecule has 0 bridgehead atoms. The van der Waals surface area contributed by atoms with Crippen LogP contribution in [0.5, 0.6) is 0 Å². The number of aryl methyl sites for hydroxylation is 2. The summed E-state index contributed by atoms with van der Waals surface area (Å²) in [5, 5.41) is 13.3. The zero-order valence-corrected chi connectivity index (χ0v) is 16.3. The highest BCUT2D eigenvalue weighted by Crippen LogP contribution is 2.29. The Morgan fingerprint density at radius 2 is 2.19 bits per heavy atom. The van der Waals surface area contributed by atoms with E-state index in [9.17, 15) is 4.79 Å². The van der Waals surface area contributed by atoms with Crippen molar-refractivity contribution in [1.82, 2.24) is 20.0 Å². The van der Waals surface area contributed by atoms with E-state index in [-0.39, 0.29) is 17.0 Å². The highest BCUT2D eigenvalue weighted by atomic mass is 32.1. The Morgan fingerprint density at radius 3 is 2.89 bits per heavy atom. The first kappa shape index (κ1) is 17.8.